The van der Waals surface area contributed by atoms with Crippen molar-refractivity contribution < 1.29 is 4.74 Å². The SMILES string of the molecule is CCCn1c(N)c(N2CCOCC2)c(=O)n(Cc2nc3ccccc3s2)c1=O. The van der Waals surface area contributed by atoms with Crippen LogP contribution >= 0.6 is 11.3 Å². The van der Waals surface area contributed by atoms with Crippen LogP contribution in [-0.2, 0) is 17.8 Å². The minimum atomic E-state index is -0.388. The Hall–Kier alpha value is -2.65. The molecule has 0 aliphatic carbocycles. The molecule has 2 aromatic heterocycles. The zero-order valence-corrected chi connectivity index (χ0v) is 16.6. The number of morpholine rings is 1. The lowest BCUT2D eigenvalue weighted by Gasteiger charge is -2.30. The van der Waals surface area contributed by atoms with Crippen LogP contribution < -0.4 is 21.9 Å². The molecule has 4 rings (SSSR count). The Balaban J connectivity index is 1.84. The molecule has 1 aliphatic heterocycles. The molecule has 0 unspecified atom stereocenters. The first-order valence-electron chi connectivity index (χ1n) is 9.40. The van der Waals surface area contributed by atoms with Crippen molar-refractivity contribution in [1.82, 2.24) is 14.1 Å². The summed E-state index contributed by atoms with van der Waals surface area (Å²) < 4.78 is 9.18. The zero-order chi connectivity index (χ0) is 19.7. The summed E-state index contributed by atoms with van der Waals surface area (Å²) in [4.78, 5) is 32.8. The van der Waals surface area contributed by atoms with E-state index in [9.17, 15) is 9.59 Å². The van der Waals surface area contributed by atoms with E-state index in [0.717, 1.165) is 21.6 Å². The molecule has 2 N–H and O–H groups in total. The van der Waals surface area contributed by atoms with Crippen LogP contribution in [0.4, 0.5) is 11.5 Å². The lowest BCUT2D eigenvalue weighted by Crippen LogP contribution is -2.47. The fourth-order valence-corrected chi connectivity index (χ4v) is 4.44. The van der Waals surface area contributed by atoms with Crippen LogP contribution in [0, 0.1) is 0 Å². The van der Waals surface area contributed by atoms with Crippen LogP contribution in [0.15, 0.2) is 33.9 Å². The molecule has 0 bridgehead atoms. The van der Waals surface area contributed by atoms with Crippen molar-refractivity contribution in [2.75, 3.05) is 36.9 Å². The molecule has 1 aliphatic rings. The summed E-state index contributed by atoms with van der Waals surface area (Å²) in [5, 5.41) is 0.723. The first-order chi connectivity index (χ1) is 13.6. The maximum absolute atomic E-state index is 13.2. The summed E-state index contributed by atoms with van der Waals surface area (Å²) in [5.41, 5.74) is 6.78. The number of hydrogen-bond acceptors (Lipinski definition) is 7. The molecule has 148 valence electrons. The van der Waals surface area contributed by atoms with E-state index in [1.165, 1.54) is 20.5 Å². The Morgan fingerprint density at radius 3 is 2.64 bits per heavy atom. The Labute approximate surface area is 165 Å². The van der Waals surface area contributed by atoms with Crippen molar-refractivity contribution >= 4 is 33.1 Å². The number of rotatable bonds is 5. The van der Waals surface area contributed by atoms with E-state index < -0.39 is 0 Å². The molecule has 3 aromatic rings. The smallest absolute Gasteiger partial charge is 0.333 e. The monoisotopic (exact) mass is 401 g/mol. The highest BCUT2D eigenvalue weighted by Crippen LogP contribution is 2.23. The minimum absolute atomic E-state index is 0.137. The van der Waals surface area contributed by atoms with E-state index >= 15 is 0 Å². The average molecular weight is 401 g/mol. The molecular weight excluding hydrogens is 378 g/mol. The third-order valence-corrected chi connectivity index (χ3v) is 5.87. The highest BCUT2D eigenvalue weighted by molar-refractivity contribution is 7.18. The number of benzene rings is 1. The maximum atomic E-state index is 13.2. The lowest BCUT2D eigenvalue weighted by molar-refractivity contribution is 0.122. The van der Waals surface area contributed by atoms with Gasteiger partial charge in [-0.3, -0.25) is 13.9 Å². The second kappa shape index (κ2) is 7.76. The van der Waals surface area contributed by atoms with Gasteiger partial charge in [-0.25, -0.2) is 9.78 Å². The fourth-order valence-electron chi connectivity index (χ4n) is 3.49. The molecule has 1 aromatic carbocycles. The average Bonchev–Trinajstić information content (AvgIpc) is 3.12. The maximum Gasteiger partial charge on any atom is 0.333 e. The van der Waals surface area contributed by atoms with E-state index in [1.807, 2.05) is 36.1 Å². The third kappa shape index (κ3) is 3.31. The van der Waals surface area contributed by atoms with Gasteiger partial charge in [-0.15, -0.1) is 11.3 Å². The largest absolute Gasteiger partial charge is 0.383 e. The normalized spacial score (nSPS) is 14.7. The van der Waals surface area contributed by atoms with E-state index in [1.54, 1.807) is 0 Å². The van der Waals surface area contributed by atoms with E-state index in [0.29, 0.717) is 38.5 Å². The van der Waals surface area contributed by atoms with Crippen LogP contribution in [-0.4, -0.2) is 40.4 Å². The number of ether oxygens (including phenoxy) is 1. The number of thiazole rings is 1. The van der Waals surface area contributed by atoms with Crippen LogP contribution in [0.1, 0.15) is 18.4 Å². The predicted molar refractivity (Wildman–Crippen MR) is 111 cm³/mol. The molecule has 1 fully saturated rings. The number of anilines is 2. The number of nitrogens with two attached hydrogens (primary N) is 1. The standard InChI is InChI=1S/C19H23N5O3S/c1-2-7-23-17(20)16(22-8-10-27-11-9-22)18(25)24(19(23)26)12-15-21-13-5-3-4-6-14(13)28-15/h3-6H,2,7-12,20H2,1H3. The van der Waals surface area contributed by atoms with Gasteiger partial charge in [0.25, 0.3) is 5.56 Å². The highest BCUT2D eigenvalue weighted by atomic mass is 32.1. The van der Waals surface area contributed by atoms with Crippen LogP contribution in [0.25, 0.3) is 10.2 Å². The van der Waals surface area contributed by atoms with Gasteiger partial charge in [0.1, 0.15) is 16.5 Å². The summed E-state index contributed by atoms with van der Waals surface area (Å²) in [6.07, 6.45) is 0.742. The summed E-state index contributed by atoms with van der Waals surface area (Å²) in [6, 6.07) is 7.78. The summed E-state index contributed by atoms with van der Waals surface area (Å²) in [5.74, 6) is 0.235. The van der Waals surface area contributed by atoms with Gasteiger partial charge >= 0.3 is 5.69 Å². The quantitative estimate of drug-likeness (QED) is 0.696. The van der Waals surface area contributed by atoms with E-state index in [2.05, 4.69) is 4.98 Å². The first-order valence-corrected chi connectivity index (χ1v) is 10.2. The summed E-state index contributed by atoms with van der Waals surface area (Å²) in [6.45, 7) is 4.78. The number of fused-ring (bicyclic) bond motifs is 1. The molecule has 3 heterocycles. The Morgan fingerprint density at radius 2 is 1.93 bits per heavy atom. The second-order valence-electron chi connectivity index (χ2n) is 6.73. The molecule has 0 amide bonds. The lowest BCUT2D eigenvalue weighted by atomic mass is 10.3. The third-order valence-electron chi connectivity index (χ3n) is 4.85. The molecule has 8 nitrogen and oxygen atoms in total. The highest BCUT2D eigenvalue weighted by Gasteiger charge is 2.24. The Kier molecular flexibility index (Phi) is 5.19. The van der Waals surface area contributed by atoms with Crippen molar-refractivity contribution in [2.24, 2.45) is 0 Å². The van der Waals surface area contributed by atoms with Crippen LogP contribution in [0.5, 0.6) is 0 Å². The number of nitrogen functional groups attached to an aromatic ring is 1. The zero-order valence-electron chi connectivity index (χ0n) is 15.8. The van der Waals surface area contributed by atoms with Gasteiger partial charge in [0.05, 0.1) is 30.0 Å². The second-order valence-corrected chi connectivity index (χ2v) is 7.85. The van der Waals surface area contributed by atoms with Gasteiger partial charge in [-0.1, -0.05) is 19.1 Å². The molecular formula is C19H23N5O3S. The summed E-state index contributed by atoms with van der Waals surface area (Å²) >= 11 is 1.49. The predicted octanol–water partition coefficient (Wildman–Crippen LogP) is 1.50. The molecule has 0 atom stereocenters. The van der Waals surface area contributed by atoms with E-state index in [4.69, 9.17) is 10.5 Å². The van der Waals surface area contributed by atoms with Crippen molar-refractivity contribution in [3.63, 3.8) is 0 Å². The van der Waals surface area contributed by atoms with Crippen molar-refractivity contribution in [3.8, 4) is 0 Å². The van der Waals surface area contributed by atoms with Crippen molar-refractivity contribution in [1.29, 1.82) is 0 Å². The molecule has 28 heavy (non-hydrogen) atoms. The number of aromatic nitrogens is 3. The Morgan fingerprint density at radius 1 is 1.18 bits per heavy atom. The minimum Gasteiger partial charge on any atom is -0.383 e. The van der Waals surface area contributed by atoms with Gasteiger partial charge in [0, 0.05) is 19.6 Å². The fraction of sp³-hybridized carbons (Fsp3) is 0.421. The van der Waals surface area contributed by atoms with Crippen molar-refractivity contribution in [3.05, 3.63) is 50.1 Å². The van der Waals surface area contributed by atoms with Gasteiger partial charge < -0.3 is 15.4 Å². The summed E-state index contributed by atoms with van der Waals surface area (Å²) in [7, 11) is 0. The van der Waals surface area contributed by atoms with Gasteiger partial charge in [0.15, 0.2) is 0 Å². The van der Waals surface area contributed by atoms with Gasteiger partial charge in [-0.2, -0.15) is 0 Å². The first kappa shape index (κ1) is 18.7. The van der Waals surface area contributed by atoms with Crippen molar-refractivity contribution in [2.45, 2.75) is 26.4 Å². The van der Waals surface area contributed by atoms with Gasteiger partial charge in [0.2, 0.25) is 0 Å². The van der Waals surface area contributed by atoms with Crippen LogP contribution in [0.3, 0.4) is 0 Å². The topological polar surface area (TPSA) is 95.4 Å². The molecule has 0 radical (unpaired) electrons. The molecule has 0 spiro atoms. The number of para-hydroxylation sites is 1. The number of nitrogens with zero attached hydrogens (tertiary/aromatic N) is 4. The molecule has 1 saturated heterocycles. The Bertz CT molecular complexity index is 1080. The molecule has 9 heteroatoms. The molecule has 0 saturated carbocycles. The van der Waals surface area contributed by atoms with E-state index in [-0.39, 0.29) is 23.6 Å². The van der Waals surface area contributed by atoms with Crippen LogP contribution in [0.2, 0.25) is 0 Å². The number of hydrogen-bond donors (Lipinski definition) is 1. The van der Waals surface area contributed by atoms with Gasteiger partial charge in [-0.05, 0) is 18.6 Å².